The minimum absolute atomic E-state index is 0.00991. The Kier molecular flexibility index (Phi) is 4.19. The van der Waals surface area contributed by atoms with Gasteiger partial charge in [0.1, 0.15) is 23.5 Å². The molecule has 1 aliphatic rings. The molecule has 0 spiro atoms. The highest BCUT2D eigenvalue weighted by Gasteiger charge is 2.20. The van der Waals surface area contributed by atoms with Crippen molar-refractivity contribution in [3.05, 3.63) is 16.8 Å². The number of aliphatic carboxylic acids is 1. The summed E-state index contributed by atoms with van der Waals surface area (Å²) in [5.74, 6) is -0.794. The van der Waals surface area contributed by atoms with Gasteiger partial charge >= 0.3 is 5.97 Å². The zero-order chi connectivity index (χ0) is 15.5. The average molecular weight is 320 g/mol. The molecule has 0 bridgehead atoms. The Morgan fingerprint density at radius 1 is 1.23 bits per heavy atom. The van der Waals surface area contributed by atoms with E-state index < -0.39 is 5.97 Å². The summed E-state index contributed by atoms with van der Waals surface area (Å²) in [6.07, 6.45) is 5.94. The summed E-state index contributed by atoms with van der Waals surface area (Å²) in [4.78, 5) is 32.9. The number of thiophene rings is 1. The number of nitrogens with one attached hydrogen (secondary N) is 2. The van der Waals surface area contributed by atoms with Crippen LogP contribution in [0.1, 0.15) is 23.3 Å². The van der Waals surface area contributed by atoms with E-state index in [0.29, 0.717) is 5.82 Å². The van der Waals surface area contributed by atoms with Gasteiger partial charge in [0, 0.05) is 4.88 Å². The maximum Gasteiger partial charge on any atom is 0.322 e. The Bertz CT molecular complexity index is 728. The van der Waals surface area contributed by atoms with Crippen LogP contribution in [0.5, 0.6) is 0 Å². The predicted molar refractivity (Wildman–Crippen MR) is 83.2 cm³/mol. The number of fused-ring (bicyclic) bond motifs is 3. The lowest BCUT2D eigenvalue weighted by Gasteiger charge is -2.12. The summed E-state index contributed by atoms with van der Waals surface area (Å²) in [6, 6.07) is 0. The van der Waals surface area contributed by atoms with Crippen LogP contribution < -0.4 is 10.6 Å². The maximum absolute atomic E-state index is 11.6. The number of amides is 1. The molecule has 0 unspecified atom stereocenters. The lowest BCUT2D eigenvalue weighted by Crippen LogP contribution is -2.34. The van der Waals surface area contributed by atoms with Gasteiger partial charge in [-0.15, -0.1) is 11.3 Å². The van der Waals surface area contributed by atoms with Crippen molar-refractivity contribution in [1.82, 2.24) is 15.3 Å². The van der Waals surface area contributed by atoms with Crippen LogP contribution in [0.4, 0.5) is 5.82 Å². The highest BCUT2D eigenvalue weighted by atomic mass is 32.1. The zero-order valence-corrected chi connectivity index (χ0v) is 12.7. The van der Waals surface area contributed by atoms with Gasteiger partial charge in [0.2, 0.25) is 5.91 Å². The van der Waals surface area contributed by atoms with Gasteiger partial charge in [0.15, 0.2) is 0 Å². The fourth-order valence-corrected chi connectivity index (χ4v) is 3.85. The first-order valence-electron chi connectivity index (χ1n) is 7.13. The van der Waals surface area contributed by atoms with Crippen LogP contribution in [-0.4, -0.2) is 40.0 Å². The summed E-state index contributed by atoms with van der Waals surface area (Å²) >= 11 is 1.69. The summed E-state index contributed by atoms with van der Waals surface area (Å²) in [7, 11) is 0. The molecule has 0 fully saturated rings. The molecule has 22 heavy (non-hydrogen) atoms. The molecule has 2 aromatic rings. The molecule has 0 aromatic carbocycles. The van der Waals surface area contributed by atoms with Crippen LogP contribution >= 0.6 is 11.3 Å². The number of hydrogen-bond donors (Lipinski definition) is 3. The zero-order valence-electron chi connectivity index (χ0n) is 11.9. The molecular weight excluding hydrogens is 304 g/mol. The summed E-state index contributed by atoms with van der Waals surface area (Å²) in [5, 5.41) is 14.9. The number of aromatic nitrogens is 2. The number of carboxylic acids is 1. The van der Waals surface area contributed by atoms with Gasteiger partial charge in [-0.25, -0.2) is 9.97 Å². The SMILES string of the molecule is O=C(O)CNC(=O)CNc1ncnc2sc3c(c12)CCCC3. The average Bonchev–Trinajstić information content (AvgIpc) is 2.90. The summed E-state index contributed by atoms with van der Waals surface area (Å²) in [6.45, 7) is -0.391. The Morgan fingerprint density at radius 2 is 2.05 bits per heavy atom. The maximum atomic E-state index is 11.6. The third-order valence-electron chi connectivity index (χ3n) is 3.60. The fraction of sp³-hybridized carbons (Fsp3) is 0.429. The van der Waals surface area contributed by atoms with Crippen molar-refractivity contribution >= 4 is 39.2 Å². The fourth-order valence-electron chi connectivity index (χ4n) is 2.62. The molecule has 2 aromatic heterocycles. The van der Waals surface area contributed by atoms with Crippen LogP contribution in [0.15, 0.2) is 6.33 Å². The van der Waals surface area contributed by atoms with Crippen molar-refractivity contribution in [3.63, 3.8) is 0 Å². The number of aryl methyl sites for hydroxylation is 2. The van der Waals surface area contributed by atoms with E-state index in [2.05, 4.69) is 20.6 Å². The molecule has 3 rings (SSSR count). The molecule has 0 saturated carbocycles. The van der Waals surface area contributed by atoms with E-state index in [9.17, 15) is 9.59 Å². The molecule has 8 heteroatoms. The number of anilines is 1. The molecular formula is C14H16N4O3S. The van der Waals surface area contributed by atoms with Crippen LogP contribution in [0.25, 0.3) is 10.2 Å². The second-order valence-electron chi connectivity index (χ2n) is 5.14. The van der Waals surface area contributed by atoms with Gasteiger partial charge in [-0.2, -0.15) is 0 Å². The molecule has 0 aliphatic heterocycles. The second kappa shape index (κ2) is 6.27. The highest BCUT2D eigenvalue weighted by Crippen LogP contribution is 2.37. The first-order chi connectivity index (χ1) is 10.6. The Hall–Kier alpha value is -2.22. The minimum atomic E-state index is -1.07. The largest absolute Gasteiger partial charge is 0.480 e. The molecule has 0 saturated heterocycles. The lowest BCUT2D eigenvalue weighted by atomic mass is 9.97. The normalized spacial score (nSPS) is 13.6. The second-order valence-corrected chi connectivity index (χ2v) is 6.22. The van der Waals surface area contributed by atoms with E-state index >= 15 is 0 Å². The van der Waals surface area contributed by atoms with Crippen LogP contribution in [0, 0.1) is 0 Å². The molecule has 1 amide bonds. The Morgan fingerprint density at radius 3 is 2.86 bits per heavy atom. The van der Waals surface area contributed by atoms with Crippen LogP contribution in [0.3, 0.4) is 0 Å². The topological polar surface area (TPSA) is 104 Å². The number of nitrogens with zero attached hydrogens (tertiary/aromatic N) is 2. The van der Waals surface area contributed by atoms with Gasteiger partial charge in [-0.3, -0.25) is 9.59 Å². The van der Waals surface area contributed by atoms with Crippen molar-refractivity contribution in [2.45, 2.75) is 25.7 Å². The summed E-state index contributed by atoms with van der Waals surface area (Å²) < 4.78 is 0. The molecule has 0 radical (unpaired) electrons. The molecule has 2 heterocycles. The molecule has 3 N–H and O–H groups in total. The predicted octanol–water partition coefficient (Wildman–Crippen LogP) is 1.18. The van der Waals surface area contributed by atoms with E-state index in [1.807, 2.05) is 0 Å². The van der Waals surface area contributed by atoms with Crippen molar-refractivity contribution in [3.8, 4) is 0 Å². The summed E-state index contributed by atoms with van der Waals surface area (Å²) in [5.41, 5.74) is 1.29. The number of carbonyl (C=O) groups is 2. The van der Waals surface area contributed by atoms with E-state index in [4.69, 9.17) is 5.11 Å². The number of carboxylic acid groups (broad SMARTS) is 1. The first-order valence-corrected chi connectivity index (χ1v) is 7.94. The quantitative estimate of drug-likeness (QED) is 0.764. The molecule has 1 aliphatic carbocycles. The standard InChI is InChI=1S/C14H16N4O3S/c19-10(15-6-11(20)21)5-16-13-12-8-3-1-2-4-9(8)22-14(12)18-7-17-13/h7H,1-6H2,(H,15,19)(H,20,21)(H,16,17,18). The third-order valence-corrected chi connectivity index (χ3v) is 4.80. The van der Waals surface area contributed by atoms with Gasteiger partial charge in [-0.1, -0.05) is 0 Å². The monoisotopic (exact) mass is 320 g/mol. The van der Waals surface area contributed by atoms with E-state index in [1.54, 1.807) is 11.3 Å². The van der Waals surface area contributed by atoms with Crippen LogP contribution in [-0.2, 0) is 22.4 Å². The third kappa shape index (κ3) is 3.01. The van der Waals surface area contributed by atoms with Crippen molar-refractivity contribution in [2.75, 3.05) is 18.4 Å². The molecule has 116 valence electrons. The van der Waals surface area contributed by atoms with Crippen molar-refractivity contribution < 1.29 is 14.7 Å². The van der Waals surface area contributed by atoms with Crippen molar-refractivity contribution in [1.29, 1.82) is 0 Å². The number of hydrogen-bond acceptors (Lipinski definition) is 6. The minimum Gasteiger partial charge on any atom is -0.480 e. The highest BCUT2D eigenvalue weighted by molar-refractivity contribution is 7.19. The van der Waals surface area contributed by atoms with Gasteiger partial charge < -0.3 is 15.7 Å². The molecule has 7 nitrogen and oxygen atoms in total. The van der Waals surface area contributed by atoms with Gasteiger partial charge in [-0.05, 0) is 31.2 Å². The Balaban J connectivity index is 1.77. The smallest absolute Gasteiger partial charge is 0.322 e. The van der Waals surface area contributed by atoms with Crippen LogP contribution in [0.2, 0.25) is 0 Å². The number of rotatable bonds is 5. The molecule has 0 atom stereocenters. The van der Waals surface area contributed by atoms with E-state index in [1.165, 1.54) is 23.2 Å². The van der Waals surface area contributed by atoms with Gasteiger partial charge in [0.05, 0.1) is 11.9 Å². The first kappa shape index (κ1) is 14.7. The van der Waals surface area contributed by atoms with Crippen molar-refractivity contribution in [2.24, 2.45) is 0 Å². The van der Waals surface area contributed by atoms with Gasteiger partial charge in [0.25, 0.3) is 0 Å². The van der Waals surface area contributed by atoms with E-state index in [-0.39, 0.29) is 19.0 Å². The number of carbonyl (C=O) groups excluding carboxylic acids is 1. The lowest BCUT2D eigenvalue weighted by molar-refractivity contribution is -0.137. The van der Waals surface area contributed by atoms with E-state index in [0.717, 1.165) is 29.5 Å². The Labute approximate surface area is 130 Å².